The molecule has 0 spiro atoms. The summed E-state index contributed by atoms with van der Waals surface area (Å²) in [6, 6.07) is 54.5. The number of rotatable bonds is 2. The van der Waals surface area contributed by atoms with Crippen molar-refractivity contribution in [1.29, 1.82) is 0 Å². The van der Waals surface area contributed by atoms with Crippen LogP contribution in [-0.2, 0) is 0 Å². The zero-order valence-electron chi connectivity index (χ0n) is 25.6. The molecular weight excluding hydrogens is 712 g/mol. The van der Waals surface area contributed by atoms with Gasteiger partial charge in [0.1, 0.15) is 0 Å². The lowest BCUT2D eigenvalue weighted by atomic mass is 9.80. The molecule has 11 aromatic carbocycles. The first kappa shape index (κ1) is 27.0. The molecule has 0 heterocycles. The van der Waals surface area contributed by atoms with E-state index in [0.717, 1.165) is 8.95 Å². The van der Waals surface area contributed by atoms with Crippen molar-refractivity contribution in [3.05, 3.63) is 155 Å². The van der Waals surface area contributed by atoms with E-state index in [2.05, 4.69) is 177 Å². The molecule has 2 heteroatoms. The highest BCUT2D eigenvalue weighted by Gasteiger charge is 2.23. The zero-order chi connectivity index (χ0) is 31.7. The second-order valence-corrected chi connectivity index (χ2v) is 14.8. The molecule has 0 saturated carbocycles. The van der Waals surface area contributed by atoms with Crippen LogP contribution in [0.2, 0.25) is 0 Å². The van der Waals surface area contributed by atoms with E-state index in [1.54, 1.807) is 0 Å². The van der Waals surface area contributed by atoms with Crippen LogP contribution in [0.1, 0.15) is 0 Å². The Morgan fingerprint density at radius 1 is 0.229 bits per heavy atom. The van der Waals surface area contributed by atoms with Crippen LogP contribution in [-0.4, -0.2) is 0 Å². The van der Waals surface area contributed by atoms with E-state index in [1.807, 2.05) is 0 Å². The van der Waals surface area contributed by atoms with Gasteiger partial charge < -0.3 is 0 Å². The van der Waals surface area contributed by atoms with Crippen molar-refractivity contribution in [2.24, 2.45) is 0 Å². The Hall–Kier alpha value is -5.02. The second-order valence-electron chi connectivity index (χ2n) is 13.0. The maximum absolute atomic E-state index is 3.63. The number of hydrogen-bond donors (Lipinski definition) is 0. The van der Waals surface area contributed by atoms with Gasteiger partial charge in [-0.3, -0.25) is 0 Å². The molecule has 222 valence electrons. The lowest BCUT2D eigenvalue weighted by Gasteiger charge is -2.22. The van der Waals surface area contributed by atoms with Crippen molar-refractivity contribution in [3.63, 3.8) is 0 Å². The van der Waals surface area contributed by atoms with E-state index in [-0.39, 0.29) is 0 Å². The number of hydrogen-bond acceptors (Lipinski definition) is 0. The quantitative estimate of drug-likeness (QED) is 0.122. The highest BCUT2D eigenvalue weighted by atomic mass is 79.9. The van der Waals surface area contributed by atoms with Crippen molar-refractivity contribution in [2.75, 3.05) is 0 Å². The molecular formula is C46H24Br2. The van der Waals surface area contributed by atoms with Gasteiger partial charge >= 0.3 is 0 Å². The third-order valence-corrected chi connectivity index (χ3v) is 11.7. The first-order chi connectivity index (χ1) is 23.7. The van der Waals surface area contributed by atoms with Crippen molar-refractivity contribution in [1.82, 2.24) is 0 Å². The lowest BCUT2D eigenvalue weighted by molar-refractivity contribution is 1.63. The van der Waals surface area contributed by atoms with E-state index in [4.69, 9.17) is 0 Å². The molecule has 0 unspecified atom stereocenters. The minimum Gasteiger partial charge on any atom is -0.0610 e. The fourth-order valence-corrected chi connectivity index (χ4v) is 9.31. The molecule has 0 atom stereocenters. The summed E-state index contributed by atoms with van der Waals surface area (Å²) >= 11 is 7.25. The first-order valence-corrected chi connectivity index (χ1v) is 17.9. The van der Waals surface area contributed by atoms with Crippen molar-refractivity contribution >= 4 is 118 Å². The molecule has 0 N–H and O–H groups in total. The molecule has 0 fully saturated rings. The average molecular weight is 737 g/mol. The first-order valence-electron chi connectivity index (χ1n) is 16.3. The number of benzene rings is 11. The van der Waals surface area contributed by atoms with Crippen LogP contribution in [0.5, 0.6) is 0 Å². The molecule has 0 bridgehead atoms. The van der Waals surface area contributed by atoms with E-state index < -0.39 is 0 Å². The Balaban J connectivity index is 1.36. The summed E-state index contributed by atoms with van der Waals surface area (Å²) in [6.07, 6.45) is 0. The summed E-state index contributed by atoms with van der Waals surface area (Å²) in [5.74, 6) is 0. The zero-order valence-corrected chi connectivity index (χ0v) is 28.8. The van der Waals surface area contributed by atoms with Crippen molar-refractivity contribution < 1.29 is 0 Å². The van der Waals surface area contributed by atoms with Crippen LogP contribution >= 0.6 is 31.9 Å². The maximum atomic E-state index is 3.63. The topological polar surface area (TPSA) is 0 Å². The standard InChI is InChI=1S/C46H24Br2/c47-27-17-13-25(14-18-27)29-21-23-36-35-9-4-12-39-44(35)45(37-10-2-6-32(29)42(36)37)38-11-3-8-34-33-7-1-5-31-30(26-15-19-28(48)20-16-26)22-24-40(41(31)33)46(39)43(34)38/h1-24H. The summed E-state index contributed by atoms with van der Waals surface area (Å²) in [5.41, 5.74) is 5.00. The summed E-state index contributed by atoms with van der Waals surface area (Å²) < 4.78 is 2.19. The molecule has 0 saturated heterocycles. The van der Waals surface area contributed by atoms with Crippen LogP contribution in [0.4, 0.5) is 0 Å². The van der Waals surface area contributed by atoms with Gasteiger partial charge in [0.15, 0.2) is 0 Å². The Kier molecular flexibility index (Phi) is 5.49. The summed E-state index contributed by atoms with van der Waals surface area (Å²) in [6.45, 7) is 0. The Labute approximate surface area is 293 Å². The van der Waals surface area contributed by atoms with E-state index in [9.17, 15) is 0 Å². The highest BCUT2D eigenvalue weighted by molar-refractivity contribution is 9.10. The number of fused-ring (bicyclic) bond motifs is 6. The molecule has 11 rings (SSSR count). The van der Waals surface area contributed by atoms with E-state index in [1.165, 1.54) is 108 Å². The highest BCUT2D eigenvalue weighted by Crippen LogP contribution is 2.51. The van der Waals surface area contributed by atoms with Gasteiger partial charge in [0.05, 0.1) is 0 Å². The molecule has 11 aromatic rings. The van der Waals surface area contributed by atoms with Gasteiger partial charge in [-0.2, -0.15) is 0 Å². The lowest BCUT2D eigenvalue weighted by Crippen LogP contribution is -1.94. The van der Waals surface area contributed by atoms with Crippen molar-refractivity contribution in [3.8, 4) is 22.3 Å². The smallest absolute Gasteiger partial charge is 0.0175 e. The minimum atomic E-state index is 1.09. The van der Waals surface area contributed by atoms with Gasteiger partial charge in [0.2, 0.25) is 0 Å². The Morgan fingerprint density at radius 2 is 0.521 bits per heavy atom. The van der Waals surface area contributed by atoms with Gasteiger partial charge in [0, 0.05) is 8.95 Å². The molecule has 48 heavy (non-hydrogen) atoms. The Bertz CT molecular complexity index is 2940. The van der Waals surface area contributed by atoms with Crippen LogP contribution in [0.25, 0.3) is 108 Å². The summed E-state index contributed by atoms with van der Waals surface area (Å²) in [4.78, 5) is 0. The molecule has 0 aliphatic carbocycles. The third kappa shape index (κ3) is 3.49. The van der Waals surface area contributed by atoms with Gasteiger partial charge in [0.25, 0.3) is 0 Å². The fraction of sp³-hybridized carbons (Fsp3) is 0. The Morgan fingerprint density at radius 3 is 0.979 bits per heavy atom. The van der Waals surface area contributed by atoms with Gasteiger partial charge in [-0.1, -0.05) is 153 Å². The van der Waals surface area contributed by atoms with Gasteiger partial charge in [-0.15, -0.1) is 0 Å². The third-order valence-electron chi connectivity index (χ3n) is 10.7. The molecule has 0 aromatic heterocycles. The monoisotopic (exact) mass is 734 g/mol. The minimum absolute atomic E-state index is 1.09. The summed E-state index contributed by atoms with van der Waals surface area (Å²) in [5, 5.41) is 21.3. The largest absolute Gasteiger partial charge is 0.0610 e. The van der Waals surface area contributed by atoms with Crippen LogP contribution in [0.15, 0.2) is 155 Å². The van der Waals surface area contributed by atoms with Crippen molar-refractivity contribution in [2.45, 2.75) is 0 Å². The molecule has 0 aliphatic rings. The number of halogens is 2. The summed E-state index contributed by atoms with van der Waals surface area (Å²) in [7, 11) is 0. The predicted octanol–water partition coefficient (Wildman–Crippen LogP) is 14.6. The maximum Gasteiger partial charge on any atom is 0.0175 e. The van der Waals surface area contributed by atoms with Gasteiger partial charge in [-0.05, 0) is 133 Å². The van der Waals surface area contributed by atoms with Crippen LogP contribution in [0, 0.1) is 0 Å². The molecule has 0 nitrogen and oxygen atoms in total. The fourth-order valence-electron chi connectivity index (χ4n) is 8.78. The van der Waals surface area contributed by atoms with Crippen LogP contribution < -0.4 is 0 Å². The predicted molar refractivity (Wildman–Crippen MR) is 215 cm³/mol. The van der Waals surface area contributed by atoms with Gasteiger partial charge in [-0.25, -0.2) is 0 Å². The molecule has 0 aliphatic heterocycles. The molecule has 0 radical (unpaired) electrons. The van der Waals surface area contributed by atoms with E-state index >= 15 is 0 Å². The molecule has 0 amide bonds. The normalized spacial score (nSPS) is 12.4. The average Bonchev–Trinajstić information content (AvgIpc) is 3.13. The van der Waals surface area contributed by atoms with Crippen LogP contribution in [0.3, 0.4) is 0 Å². The van der Waals surface area contributed by atoms with E-state index in [0.29, 0.717) is 0 Å². The second kappa shape index (κ2) is 9.76. The SMILES string of the molecule is Brc1ccc(-c2ccc3c4cccc5c4c(c4cccc2c34)c2cccc3c4cccc6c(-c7ccc(Br)cc7)ccc(c64)c5c32)cc1.